The van der Waals surface area contributed by atoms with E-state index in [9.17, 15) is 35.9 Å². The second-order valence-corrected chi connectivity index (χ2v) is 6.39. The predicted octanol–water partition coefficient (Wildman–Crippen LogP) is 4.40. The lowest BCUT2D eigenvalue weighted by Crippen LogP contribution is -2.17. The minimum atomic E-state index is -5.09. The average Bonchev–Trinajstić information content (AvgIpc) is 2.65. The number of pyridine rings is 1. The number of aryl methyl sites for hydroxylation is 1. The number of benzene rings is 1. The van der Waals surface area contributed by atoms with Crippen molar-refractivity contribution in [3.8, 4) is 0 Å². The van der Waals surface area contributed by atoms with Crippen LogP contribution in [-0.4, -0.2) is 15.4 Å². The van der Waals surface area contributed by atoms with Crippen molar-refractivity contribution in [2.45, 2.75) is 25.9 Å². The number of aromatic nitrogens is 2. The van der Waals surface area contributed by atoms with Gasteiger partial charge in [0.15, 0.2) is 0 Å². The molecule has 30 heavy (non-hydrogen) atoms. The lowest BCUT2D eigenvalue weighted by molar-refractivity contribution is -0.143. The summed E-state index contributed by atoms with van der Waals surface area (Å²) in [7, 11) is 0. The summed E-state index contributed by atoms with van der Waals surface area (Å²) < 4.78 is 83.5. The van der Waals surface area contributed by atoms with Crippen LogP contribution in [0.25, 0.3) is 5.65 Å². The van der Waals surface area contributed by atoms with Crippen LogP contribution in [0, 0.1) is 6.92 Å². The van der Waals surface area contributed by atoms with Crippen LogP contribution in [0.5, 0.6) is 0 Å². The number of carbonyl (C=O) groups excluding carboxylic acids is 1. The molecular formula is C19H12F6N2O3. The SMILES string of the molecule is Cc1ccc2nc(COC(=O)c3cc(C(F)(F)F)cc(C(F)(F)F)c3)cc(=O)n2c1. The molecule has 0 aliphatic heterocycles. The molecule has 0 radical (unpaired) electrons. The van der Waals surface area contributed by atoms with Gasteiger partial charge in [-0.05, 0) is 36.8 Å². The molecule has 3 aromatic rings. The minimum Gasteiger partial charge on any atom is -0.456 e. The molecular weight excluding hydrogens is 418 g/mol. The number of nitrogens with zero attached hydrogens (tertiary/aromatic N) is 2. The molecule has 2 aromatic heterocycles. The van der Waals surface area contributed by atoms with Gasteiger partial charge in [0.2, 0.25) is 0 Å². The topological polar surface area (TPSA) is 60.7 Å². The Morgan fingerprint density at radius 1 is 1.00 bits per heavy atom. The van der Waals surface area contributed by atoms with Gasteiger partial charge in [-0.15, -0.1) is 0 Å². The maximum Gasteiger partial charge on any atom is 0.416 e. The number of alkyl halides is 6. The number of carbonyl (C=O) groups is 1. The number of hydrogen-bond donors (Lipinski definition) is 0. The molecule has 1 aromatic carbocycles. The molecule has 2 heterocycles. The van der Waals surface area contributed by atoms with E-state index in [-0.39, 0.29) is 29.5 Å². The van der Waals surface area contributed by atoms with Crippen molar-refractivity contribution in [1.29, 1.82) is 0 Å². The van der Waals surface area contributed by atoms with Gasteiger partial charge in [-0.25, -0.2) is 9.78 Å². The highest BCUT2D eigenvalue weighted by Crippen LogP contribution is 2.36. The molecule has 0 spiro atoms. The Labute approximate surface area is 164 Å². The maximum atomic E-state index is 12.9. The summed E-state index contributed by atoms with van der Waals surface area (Å²) in [5, 5.41) is 0. The molecule has 0 amide bonds. The highest BCUT2D eigenvalue weighted by atomic mass is 19.4. The van der Waals surface area contributed by atoms with Crippen LogP contribution < -0.4 is 5.56 Å². The lowest BCUT2D eigenvalue weighted by Gasteiger charge is -2.14. The Hall–Kier alpha value is -3.37. The smallest absolute Gasteiger partial charge is 0.416 e. The first-order chi connectivity index (χ1) is 13.8. The third kappa shape index (κ3) is 4.61. The summed E-state index contributed by atoms with van der Waals surface area (Å²) in [5.41, 5.74) is -3.68. The van der Waals surface area contributed by atoms with Crippen molar-refractivity contribution in [2.75, 3.05) is 0 Å². The van der Waals surface area contributed by atoms with E-state index < -0.39 is 47.2 Å². The molecule has 0 saturated carbocycles. The van der Waals surface area contributed by atoms with Crippen molar-refractivity contribution in [3.63, 3.8) is 0 Å². The van der Waals surface area contributed by atoms with E-state index in [1.54, 1.807) is 13.0 Å². The molecule has 0 saturated heterocycles. The molecule has 3 rings (SSSR count). The van der Waals surface area contributed by atoms with Crippen molar-refractivity contribution in [3.05, 3.63) is 80.9 Å². The summed E-state index contributed by atoms with van der Waals surface area (Å²) in [6.07, 6.45) is -8.66. The number of hydrogen-bond acceptors (Lipinski definition) is 4. The molecule has 0 unspecified atom stereocenters. The molecule has 0 N–H and O–H groups in total. The van der Waals surface area contributed by atoms with Gasteiger partial charge in [0, 0.05) is 12.3 Å². The van der Waals surface area contributed by atoms with Crippen LogP contribution in [0.3, 0.4) is 0 Å². The first-order valence-corrected chi connectivity index (χ1v) is 8.30. The van der Waals surface area contributed by atoms with E-state index >= 15 is 0 Å². The predicted molar refractivity (Wildman–Crippen MR) is 91.8 cm³/mol. The van der Waals surface area contributed by atoms with Gasteiger partial charge in [0.05, 0.1) is 22.4 Å². The monoisotopic (exact) mass is 430 g/mol. The van der Waals surface area contributed by atoms with Crippen molar-refractivity contribution < 1.29 is 35.9 Å². The number of rotatable bonds is 3. The number of fused-ring (bicyclic) bond motifs is 1. The van der Waals surface area contributed by atoms with E-state index in [1.165, 1.54) is 16.7 Å². The third-order valence-corrected chi connectivity index (χ3v) is 4.04. The van der Waals surface area contributed by atoms with Crippen molar-refractivity contribution >= 4 is 11.6 Å². The molecule has 0 aliphatic carbocycles. The lowest BCUT2D eigenvalue weighted by atomic mass is 10.0. The zero-order valence-electron chi connectivity index (χ0n) is 15.1. The Kier molecular flexibility index (Phi) is 5.31. The molecule has 0 aliphatic rings. The third-order valence-electron chi connectivity index (χ3n) is 4.04. The van der Waals surface area contributed by atoms with Gasteiger partial charge in [0.1, 0.15) is 12.3 Å². The molecule has 0 bridgehead atoms. The van der Waals surface area contributed by atoms with E-state index in [1.807, 2.05) is 0 Å². The normalized spacial score (nSPS) is 12.2. The Bertz CT molecular complexity index is 1150. The largest absolute Gasteiger partial charge is 0.456 e. The molecule has 11 heteroatoms. The highest BCUT2D eigenvalue weighted by Gasteiger charge is 2.37. The van der Waals surface area contributed by atoms with Crippen molar-refractivity contribution in [2.24, 2.45) is 0 Å². The molecule has 0 fully saturated rings. The second-order valence-electron chi connectivity index (χ2n) is 6.39. The van der Waals surface area contributed by atoms with Crippen LogP contribution in [0.2, 0.25) is 0 Å². The van der Waals surface area contributed by atoms with E-state index in [0.29, 0.717) is 0 Å². The van der Waals surface area contributed by atoms with E-state index in [4.69, 9.17) is 4.74 Å². The Morgan fingerprint density at radius 3 is 2.17 bits per heavy atom. The van der Waals surface area contributed by atoms with Crippen LogP contribution in [0.4, 0.5) is 26.3 Å². The quantitative estimate of drug-likeness (QED) is 0.457. The van der Waals surface area contributed by atoms with E-state index in [0.717, 1.165) is 11.6 Å². The number of esters is 1. The van der Waals surface area contributed by atoms with Gasteiger partial charge < -0.3 is 4.74 Å². The Balaban J connectivity index is 1.88. The summed E-state index contributed by atoms with van der Waals surface area (Å²) >= 11 is 0. The van der Waals surface area contributed by atoms with Gasteiger partial charge >= 0.3 is 18.3 Å². The molecule has 5 nitrogen and oxygen atoms in total. The van der Waals surface area contributed by atoms with Crippen LogP contribution in [0.1, 0.15) is 32.7 Å². The number of ether oxygens (including phenoxy) is 1. The van der Waals surface area contributed by atoms with Crippen LogP contribution in [-0.2, 0) is 23.7 Å². The summed E-state index contributed by atoms with van der Waals surface area (Å²) in [5.74, 6) is -1.42. The second kappa shape index (κ2) is 7.47. The first kappa shape index (κ1) is 21.3. The molecule has 0 atom stereocenters. The number of halogens is 6. The van der Waals surface area contributed by atoms with Crippen LogP contribution >= 0.6 is 0 Å². The summed E-state index contributed by atoms with van der Waals surface area (Å²) in [6, 6.07) is 4.70. The summed E-state index contributed by atoms with van der Waals surface area (Å²) in [6.45, 7) is 1.14. The van der Waals surface area contributed by atoms with Crippen molar-refractivity contribution in [1.82, 2.24) is 9.38 Å². The van der Waals surface area contributed by atoms with E-state index in [2.05, 4.69) is 4.98 Å². The standard InChI is InChI=1S/C19H12F6N2O3/c1-10-2-3-15-26-14(7-16(28)27(15)8-10)9-30-17(29)11-4-12(18(20,21)22)6-13(5-11)19(23,24)25/h2-8H,9H2,1H3. The highest BCUT2D eigenvalue weighted by molar-refractivity contribution is 5.90. The van der Waals surface area contributed by atoms with Gasteiger partial charge in [-0.2, -0.15) is 26.3 Å². The van der Waals surface area contributed by atoms with Gasteiger partial charge in [-0.3, -0.25) is 9.20 Å². The zero-order chi connectivity index (χ0) is 22.3. The average molecular weight is 430 g/mol. The first-order valence-electron chi connectivity index (χ1n) is 8.30. The van der Waals surface area contributed by atoms with Crippen LogP contribution in [0.15, 0.2) is 47.4 Å². The zero-order valence-corrected chi connectivity index (χ0v) is 15.1. The minimum absolute atomic E-state index is 0.0137. The fourth-order valence-electron chi connectivity index (χ4n) is 2.63. The van der Waals surface area contributed by atoms with Gasteiger partial charge in [-0.1, -0.05) is 6.07 Å². The Morgan fingerprint density at radius 2 is 1.60 bits per heavy atom. The fourth-order valence-corrected chi connectivity index (χ4v) is 2.63. The maximum absolute atomic E-state index is 12.9. The molecule has 158 valence electrons. The van der Waals surface area contributed by atoms with Gasteiger partial charge in [0.25, 0.3) is 5.56 Å². The fraction of sp³-hybridized carbons (Fsp3) is 0.211. The summed E-state index contributed by atoms with van der Waals surface area (Å²) in [4.78, 5) is 28.3.